The lowest BCUT2D eigenvalue weighted by molar-refractivity contribution is 0.0663. The summed E-state index contributed by atoms with van der Waals surface area (Å²) in [5, 5.41) is 0. The highest BCUT2D eigenvalue weighted by Gasteiger charge is 2.12. The van der Waals surface area contributed by atoms with Crippen molar-refractivity contribution in [3.8, 4) is 0 Å². The Morgan fingerprint density at radius 3 is 2.15 bits per heavy atom. The molecule has 0 saturated heterocycles. The molecule has 1 atom stereocenters. The second-order valence-electron chi connectivity index (χ2n) is 4.83. The van der Waals surface area contributed by atoms with E-state index in [0.29, 0.717) is 0 Å². The van der Waals surface area contributed by atoms with Gasteiger partial charge < -0.3 is 9.64 Å². The molecule has 1 unspecified atom stereocenters. The van der Waals surface area contributed by atoms with Gasteiger partial charge in [0.2, 0.25) is 0 Å². The van der Waals surface area contributed by atoms with E-state index >= 15 is 0 Å². The van der Waals surface area contributed by atoms with Crippen LogP contribution in [0.5, 0.6) is 0 Å². The topological polar surface area (TPSA) is 12.5 Å². The first-order valence-electron chi connectivity index (χ1n) is 7.28. The van der Waals surface area contributed by atoms with Crippen molar-refractivity contribution in [3.05, 3.63) is 66.2 Å². The van der Waals surface area contributed by atoms with Gasteiger partial charge in [-0.3, -0.25) is 0 Å². The summed E-state index contributed by atoms with van der Waals surface area (Å²) in [6.07, 6.45) is 1.04. The monoisotopic (exact) mass is 269 g/mol. The number of para-hydroxylation sites is 1. The van der Waals surface area contributed by atoms with Gasteiger partial charge in [0.15, 0.2) is 0 Å². The Morgan fingerprint density at radius 1 is 0.950 bits per heavy atom. The molecule has 0 radical (unpaired) electrons. The Hall–Kier alpha value is -1.80. The summed E-state index contributed by atoms with van der Waals surface area (Å²) < 4.78 is 5.98. The van der Waals surface area contributed by atoms with Crippen molar-refractivity contribution in [1.82, 2.24) is 0 Å². The molecule has 106 valence electrons. The summed E-state index contributed by atoms with van der Waals surface area (Å²) in [7, 11) is 0. The minimum absolute atomic E-state index is 0.0890. The Labute approximate surface area is 122 Å². The standard InChI is InChI=1S/C18H23NO/c1-3-19(18-12-8-5-9-13-18)16(2)20-15-14-17-10-6-4-7-11-17/h4-13,16H,3,14-15H2,1-2H3. The Bertz CT molecular complexity index is 483. The van der Waals surface area contributed by atoms with Gasteiger partial charge in [0.1, 0.15) is 6.23 Å². The van der Waals surface area contributed by atoms with Crippen molar-refractivity contribution in [2.75, 3.05) is 18.1 Å². The quantitative estimate of drug-likeness (QED) is 0.701. The average molecular weight is 269 g/mol. The fraction of sp³-hybridized carbons (Fsp3) is 0.333. The summed E-state index contributed by atoms with van der Waals surface area (Å²) in [5.74, 6) is 0. The van der Waals surface area contributed by atoms with E-state index in [9.17, 15) is 0 Å². The van der Waals surface area contributed by atoms with Crippen molar-refractivity contribution < 1.29 is 4.74 Å². The van der Waals surface area contributed by atoms with Crippen LogP contribution in [0.2, 0.25) is 0 Å². The van der Waals surface area contributed by atoms with E-state index in [1.807, 2.05) is 12.1 Å². The third-order valence-corrected chi connectivity index (χ3v) is 3.46. The molecule has 0 aromatic heterocycles. The molecule has 2 aromatic carbocycles. The van der Waals surface area contributed by atoms with Crippen LogP contribution in [0.1, 0.15) is 19.4 Å². The van der Waals surface area contributed by atoms with E-state index in [0.717, 1.165) is 19.6 Å². The lowest BCUT2D eigenvalue weighted by Gasteiger charge is -2.30. The smallest absolute Gasteiger partial charge is 0.127 e. The molecule has 0 aliphatic rings. The molecule has 0 aliphatic carbocycles. The van der Waals surface area contributed by atoms with Crippen LogP contribution >= 0.6 is 0 Å². The maximum atomic E-state index is 5.98. The first kappa shape index (κ1) is 14.6. The van der Waals surface area contributed by atoms with Crippen LogP contribution in [0.4, 0.5) is 5.69 Å². The molecule has 2 heteroatoms. The number of anilines is 1. The van der Waals surface area contributed by atoms with E-state index in [1.54, 1.807) is 0 Å². The van der Waals surface area contributed by atoms with Crippen LogP contribution in [0.25, 0.3) is 0 Å². The SMILES string of the molecule is CCN(c1ccccc1)C(C)OCCc1ccccc1. The van der Waals surface area contributed by atoms with Crippen LogP contribution in [-0.4, -0.2) is 19.4 Å². The van der Waals surface area contributed by atoms with Crippen LogP contribution in [0.3, 0.4) is 0 Å². The maximum Gasteiger partial charge on any atom is 0.127 e. The van der Waals surface area contributed by atoms with E-state index in [2.05, 4.69) is 67.3 Å². The molecule has 0 aliphatic heterocycles. The third-order valence-electron chi connectivity index (χ3n) is 3.46. The minimum atomic E-state index is 0.0890. The van der Waals surface area contributed by atoms with Gasteiger partial charge in [-0.25, -0.2) is 0 Å². The Kier molecular flexibility index (Phi) is 5.63. The van der Waals surface area contributed by atoms with Gasteiger partial charge in [0.25, 0.3) is 0 Å². The zero-order valence-electron chi connectivity index (χ0n) is 12.3. The van der Waals surface area contributed by atoms with Gasteiger partial charge in [-0.2, -0.15) is 0 Å². The normalized spacial score (nSPS) is 12.1. The second-order valence-corrected chi connectivity index (χ2v) is 4.83. The minimum Gasteiger partial charge on any atom is -0.358 e. The van der Waals surface area contributed by atoms with Gasteiger partial charge in [0.05, 0.1) is 6.61 Å². The van der Waals surface area contributed by atoms with Crippen molar-refractivity contribution in [2.45, 2.75) is 26.5 Å². The van der Waals surface area contributed by atoms with Crippen LogP contribution in [0, 0.1) is 0 Å². The third kappa shape index (κ3) is 4.10. The number of ether oxygens (including phenoxy) is 1. The van der Waals surface area contributed by atoms with Gasteiger partial charge in [-0.15, -0.1) is 0 Å². The molecule has 2 nitrogen and oxygen atoms in total. The van der Waals surface area contributed by atoms with Gasteiger partial charge >= 0.3 is 0 Å². The van der Waals surface area contributed by atoms with E-state index in [-0.39, 0.29) is 6.23 Å². The fourth-order valence-electron chi connectivity index (χ4n) is 2.35. The number of nitrogens with zero attached hydrogens (tertiary/aromatic N) is 1. The molecule has 2 rings (SSSR count). The molecule has 2 aromatic rings. The molecule has 0 spiro atoms. The predicted octanol–water partition coefficient (Wildman–Crippen LogP) is 4.12. The molecular weight excluding hydrogens is 246 g/mol. The average Bonchev–Trinajstić information content (AvgIpc) is 2.50. The van der Waals surface area contributed by atoms with Crippen LogP contribution < -0.4 is 4.90 Å². The summed E-state index contributed by atoms with van der Waals surface area (Å²) >= 11 is 0. The van der Waals surface area contributed by atoms with Gasteiger partial charge in [0, 0.05) is 12.2 Å². The van der Waals surface area contributed by atoms with Crippen molar-refractivity contribution >= 4 is 5.69 Å². The summed E-state index contributed by atoms with van der Waals surface area (Å²) in [5.41, 5.74) is 2.53. The summed E-state index contributed by atoms with van der Waals surface area (Å²) in [4.78, 5) is 2.27. The van der Waals surface area contributed by atoms with Crippen LogP contribution in [0.15, 0.2) is 60.7 Å². The van der Waals surface area contributed by atoms with Crippen LogP contribution in [-0.2, 0) is 11.2 Å². The Balaban J connectivity index is 1.85. The molecule has 0 bridgehead atoms. The number of hydrogen-bond acceptors (Lipinski definition) is 2. The second kappa shape index (κ2) is 7.71. The highest BCUT2D eigenvalue weighted by molar-refractivity contribution is 5.46. The predicted molar refractivity (Wildman–Crippen MR) is 85.0 cm³/mol. The largest absolute Gasteiger partial charge is 0.358 e. The molecule has 0 fully saturated rings. The summed E-state index contributed by atoms with van der Waals surface area (Å²) in [6, 6.07) is 20.9. The maximum absolute atomic E-state index is 5.98. The number of rotatable bonds is 7. The van der Waals surface area contributed by atoms with E-state index in [4.69, 9.17) is 4.74 Å². The van der Waals surface area contributed by atoms with E-state index in [1.165, 1.54) is 11.3 Å². The lowest BCUT2D eigenvalue weighted by atomic mass is 10.2. The van der Waals surface area contributed by atoms with Crippen molar-refractivity contribution in [2.24, 2.45) is 0 Å². The summed E-state index contributed by atoms with van der Waals surface area (Å²) in [6.45, 7) is 5.95. The Morgan fingerprint density at radius 2 is 1.55 bits per heavy atom. The molecule has 20 heavy (non-hydrogen) atoms. The number of hydrogen-bond donors (Lipinski definition) is 0. The van der Waals surface area contributed by atoms with Crippen molar-refractivity contribution in [3.63, 3.8) is 0 Å². The fourth-order valence-corrected chi connectivity index (χ4v) is 2.35. The first-order valence-corrected chi connectivity index (χ1v) is 7.28. The molecule has 0 saturated carbocycles. The van der Waals surface area contributed by atoms with Crippen molar-refractivity contribution in [1.29, 1.82) is 0 Å². The number of benzene rings is 2. The van der Waals surface area contributed by atoms with Gasteiger partial charge in [-0.1, -0.05) is 48.5 Å². The highest BCUT2D eigenvalue weighted by atomic mass is 16.5. The molecular formula is C18H23NO. The van der Waals surface area contributed by atoms with E-state index < -0.39 is 0 Å². The zero-order chi connectivity index (χ0) is 14.2. The molecule has 0 N–H and O–H groups in total. The molecule has 0 heterocycles. The first-order chi connectivity index (χ1) is 9.81. The highest BCUT2D eigenvalue weighted by Crippen LogP contribution is 2.16. The lowest BCUT2D eigenvalue weighted by Crippen LogP contribution is -2.35. The van der Waals surface area contributed by atoms with Gasteiger partial charge in [-0.05, 0) is 38.0 Å². The molecule has 0 amide bonds. The zero-order valence-corrected chi connectivity index (χ0v) is 12.3.